The average Bonchev–Trinajstić information content (AvgIpc) is 3.29. The van der Waals surface area contributed by atoms with Crippen molar-refractivity contribution in [3.8, 4) is 17.0 Å². The average molecular weight is 581 g/mol. The number of aryl methyl sites for hydroxylation is 3. The van der Waals surface area contributed by atoms with E-state index in [4.69, 9.17) is 37.8 Å². The second-order valence-electron chi connectivity index (χ2n) is 10.4. The van der Waals surface area contributed by atoms with Crippen molar-refractivity contribution >= 4 is 35.0 Å². The van der Waals surface area contributed by atoms with Crippen LogP contribution in [0.15, 0.2) is 66.7 Å². The Hall–Kier alpha value is -3.48. The lowest BCUT2D eigenvalue weighted by Gasteiger charge is -2.28. The number of halogens is 2. The Balaban J connectivity index is 1.68. The fourth-order valence-electron chi connectivity index (χ4n) is 4.68. The van der Waals surface area contributed by atoms with Crippen molar-refractivity contribution in [1.82, 2.24) is 9.78 Å². The number of esters is 1. The van der Waals surface area contributed by atoms with Gasteiger partial charge in [-0.1, -0.05) is 65.7 Å². The predicted molar refractivity (Wildman–Crippen MR) is 162 cm³/mol. The Bertz CT molecular complexity index is 1470. The molecule has 3 aromatic carbocycles. The predicted octanol–water partition coefficient (Wildman–Crippen LogP) is 7.94. The van der Waals surface area contributed by atoms with E-state index in [1.54, 1.807) is 20.8 Å². The minimum atomic E-state index is -1.10. The van der Waals surface area contributed by atoms with Crippen LogP contribution in [0.1, 0.15) is 43.0 Å². The van der Waals surface area contributed by atoms with Gasteiger partial charge in [-0.3, -0.25) is 4.68 Å². The molecule has 0 aliphatic rings. The minimum absolute atomic E-state index is 0.303. The monoisotopic (exact) mass is 579 g/mol. The summed E-state index contributed by atoms with van der Waals surface area (Å²) in [7, 11) is 1.94. The van der Waals surface area contributed by atoms with Crippen LogP contribution in [0.5, 0.6) is 5.75 Å². The number of nitrogens with zero attached hydrogens (tertiary/aromatic N) is 3. The summed E-state index contributed by atoms with van der Waals surface area (Å²) in [5.74, 6) is 1.24. The molecular formula is C32H35Cl2N3O3. The summed E-state index contributed by atoms with van der Waals surface area (Å²) in [6.45, 7) is 10.7. The Morgan fingerprint density at radius 1 is 0.975 bits per heavy atom. The van der Waals surface area contributed by atoms with Gasteiger partial charge in [0.25, 0.3) is 0 Å². The van der Waals surface area contributed by atoms with Crippen molar-refractivity contribution in [2.75, 3.05) is 11.5 Å². The van der Waals surface area contributed by atoms with Gasteiger partial charge in [0.2, 0.25) is 0 Å². The molecule has 0 unspecified atom stereocenters. The molecule has 0 atom stereocenters. The van der Waals surface area contributed by atoms with Crippen LogP contribution in [-0.4, -0.2) is 28.0 Å². The smallest absolute Gasteiger partial charge is 0.349 e. The van der Waals surface area contributed by atoms with Gasteiger partial charge >= 0.3 is 5.97 Å². The maximum Gasteiger partial charge on any atom is 0.349 e. The summed E-state index contributed by atoms with van der Waals surface area (Å²) in [5, 5.41) is 6.19. The van der Waals surface area contributed by atoms with Crippen molar-refractivity contribution < 1.29 is 14.3 Å². The molecule has 0 bridgehead atoms. The van der Waals surface area contributed by atoms with Gasteiger partial charge in [-0.25, -0.2) is 4.79 Å². The van der Waals surface area contributed by atoms with E-state index >= 15 is 0 Å². The number of carbonyl (C=O) groups is 1. The van der Waals surface area contributed by atoms with E-state index in [0.717, 1.165) is 39.3 Å². The molecule has 6 nitrogen and oxygen atoms in total. The summed E-state index contributed by atoms with van der Waals surface area (Å²) in [4.78, 5) is 14.7. The van der Waals surface area contributed by atoms with Crippen molar-refractivity contribution in [3.05, 3.63) is 99.0 Å². The van der Waals surface area contributed by atoms with Crippen LogP contribution in [0.2, 0.25) is 10.0 Å². The van der Waals surface area contributed by atoms with E-state index in [-0.39, 0.29) is 0 Å². The minimum Gasteiger partial charge on any atom is -0.476 e. The number of rotatable bonds is 10. The lowest BCUT2D eigenvalue weighted by molar-refractivity contribution is -0.158. The third-order valence-electron chi connectivity index (χ3n) is 6.66. The van der Waals surface area contributed by atoms with Crippen molar-refractivity contribution in [2.45, 2.75) is 53.3 Å². The van der Waals surface area contributed by atoms with E-state index in [2.05, 4.69) is 23.1 Å². The van der Waals surface area contributed by atoms with E-state index in [1.165, 1.54) is 0 Å². The molecular weight excluding hydrogens is 545 g/mol. The van der Waals surface area contributed by atoms with Gasteiger partial charge in [0.15, 0.2) is 5.60 Å². The highest BCUT2D eigenvalue weighted by atomic mass is 35.5. The third-order valence-corrected chi connectivity index (χ3v) is 7.28. The van der Waals surface area contributed by atoms with E-state index < -0.39 is 11.6 Å². The van der Waals surface area contributed by atoms with Crippen molar-refractivity contribution in [3.63, 3.8) is 0 Å². The first kappa shape index (κ1) is 29.5. The first-order chi connectivity index (χ1) is 19.0. The fourth-order valence-corrected chi connectivity index (χ4v) is 5.00. The number of hydrogen-bond donors (Lipinski definition) is 0. The van der Waals surface area contributed by atoms with Crippen LogP contribution in [-0.2, 0) is 29.7 Å². The maximum atomic E-state index is 12.4. The largest absolute Gasteiger partial charge is 0.476 e. The second-order valence-corrected chi connectivity index (χ2v) is 11.2. The molecule has 4 rings (SSSR count). The van der Waals surface area contributed by atoms with E-state index in [1.807, 2.05) is 74.1 Å². The lowest BCUT2D eigenvalue weighted by Crippen LogP contribution is -2.40. The molecule has 0 spiro atoms. The molecule has 8 heteroatoms. The number of ether oxygens (including phenoxy) is 2. The molecule has 1 aromatic heterocycles. The SMILES string of the molecule is CCOC(=O)C(C)(C)Oc1c(C)cc(CN(Cc2ccccc2Cl)c2cc(-c3ccc(Cl)cc3)nn2C)cc1C. The fraction of sp³-hybridized carbons (Fsp3) is 0.312. The highest BCUT2D eigenvalue weighted by Crippen LogP contribution is 2.32. The van der Waals surface area contributed by atoms with Gasteiger partial charge in [-0.2, -0.15) is 5.10 Å². The quantitative estimate of drug-likeness (QED) is 0.178. The first-order valence-corrected chi connectivity index (χ1v) is 14.0. The molecule has 0 saturated heterocycles. The topological polar surface area (TPSA) is 56.6 Å². The third kappa shape index (κ3) is 6.80. The normalized spacial score (nSPS) is 11.4. The maximum absolute atomic E-state index is 12.4. The zero-order chi connectivity index (χ0) is 29.0. The van der Waals surface area contributed by atoms with Crippen molar-refractivity contribution in [2.24, 2.45) is 7.05 Å². The zero-order valence-corrected chi connectivity index (χ0v) is 25.3. The molecule has 0 aliphatic heterocycles. The van der Waals surface area contributed by atoms with Crippen LogP contribution in [0.4, 0.5) is 5.82 Å². The van der Waals surface area contributed by atoms with E-state index in [0.29, 0.717) is 35.5 Å². The lowest BCUT2D eigenvalue weighted by atomic mass is 10.0. The summed E-state index contributed by atoms with van der Waals surface area (Å²) in [5.41, 5.74) is 4.74. The zero-order valence-electron chi connectivity index (χ0n) is 23.8. The van der Waals surface area contributed by atoms with Crippen LogP contribution < -0.4 is 9.64 Å². The Labute approximate surface area is 246 Å². The summed E-state index contributed by atoms with van der Waals surface area (Å²) in [6.07, 6.45) is 0. The standard InChI is InChI=1S/C32H35Cl2N3O3/c1-7-39-31(38)32(4,5)40-30-21(2)16-23(17-22(30)3)19-37(20-25-10-8-9-11-27(25)34)29-18-28(35-36(29)6)24-12-14-26(33)15-13-24/h8-18H,7,19-20H2,1-6H3. The Morgan fingerprint density at radius 2 is 1.62 bits per heavy atom. The molecule has 0 radical (unpaired) electrons. The van der Waals surface area contributed by atoms with Gasteiger partial charge in [-0.05, 0) is 75.1 Å². The van der Waals surface area contributed by atoms with Gasteiger partial charge < -0.3 is 14.4 Å². The molecule has 1 heterocycles. The number of aromatic nitrogens is 2. The number of hydrogen-bond acceptors (Lipinski definition) is 5. The highest BCUT2D eigenvalue weighted by molar-refractivity contribution is 6.31. The van der Waals surface area contributed by atoms with Gasteiger partial charge in [-0.15, -0.1) is 0 Å². The summed E-state index contributed by atoms with van der Waals surface area (Å²) < 4.78 is 13.3. The van der Waals surface area contributed by atoms with E-state index in [9.17, 15) is 4.79 Å². The first-order valence-electron chi connectivity index (χ1n) is 13.2. The van der Waals surface area contributed by atoms with Gasteiger partial charge in [0.1, 0.15) is 11.6 Å². The molecule has 0 aliphatic carbocycles. The van der Waals surface area contributed by atoms with Crippen molar-refractivity contribution in [1.29, 1.82) is 0 Å². The molecule has 40 heavy (non-hydrogen) atoms. The van der Waals surface area contributed by atoms with Gasteiger partial charge in [0.05, 0.1) is 12.3 Å². The van der Waals surface area contributed by atoms with Crippen LogP contribution >= 0.6 is 23.2 Å². The summed E-state index contributed by atoms with van der Waals surface area (Å²) in [6, 6.07) is 21.8. The molecule has 0 N–H and O–H groups in total. The van der Waals surface area contributed by atoms with Crippen LogP contribution in [0.25, 0.3) is 11.3 Å². The molecule has 4 aromatic rings. The second kappa shape index (κ2) is 12.4. The molecule has 210 valence electrons. The number of benzene rings is 3. The van der Waals surface area contributed by atoms with Gasteiger partial charge in [0, 0.05) is 41.8 Å². The molecule has 0 amide bonds. The Kier molecular flexibility index (Phi) is 9.12. The highest BCUT2D eigenvalue weighted by Gasteiger charge is 2.32. The molecule has 0 saturated carbocycles. The van der Waals surface area contributed by atoms with Crippen LogP contribution in [0, 0.1) is 13.8 Å². The molecule has 0 fully saturated rings. The number of anilines is 1. The Morgan fingerprint density at radius 3 is 2.25 bits per heavy atom. The number of carbonyl (C=O) groups excluding carboxylic acids is 1. The summed E-state index contributed by atoms with van der Waals surface area (Å²) >= 11 is 12.7. The van der Waals surface area contributed by atoms with Crippen LogP contribution in [0.3, 0.4) is 0 Å².